The van der Waals surface area contributed by atoms with E-state index < -0.39 is 6.29 Å². The number of para-hydroxylation sites is 1. The third kappa shape index (κ3) is 52.3. The van der Waals surface area contributed by atoms with E-state index in [9.17, 15) is 4.79 Å². The number of carbonyl (C=O) groups is 1. The molecule has 704 valence electrons. The predicted molar refractivity (Wildman–Crippen MR) is 540 cm³/mol. The molecule has 0 amide bonds. The van der Waals surface area contributed by atoms with E-state index in [-0.39, 0.29) is 121 Å². The third-order valence-electron chi connectivity index (χ3n) is 21.7. The summed E-state index contributed by atoms with van der Waals surface area (Å²) >= 11 is 0. The Balaban J connectivity index is -0.000000220. The Labute approximate surface area is 758 Å². The molecule has 0 saturated heterocycles. The van der Waals surface area contributed by atoms with E-state index in [1.54, 1.807) is 36.4 Å². The van der Waals surface area contributed by atoms with Crippen molar-refractivity contribution in [1.82, 2.24) is 0 Å². The van der Waals surface area contributed by atoms with Crippen LogP contribution in [-0.4, -0.2) is 66.6 Å². The van der Waals surface area contributed by atoms with Gasteiger partial charge in [0.05, 0.1) is 26.2 Å². The molecule has 0 aliphatic heterocycles. The maximum Gasteiger partial charge on any atom is 0.313 e. The lowest BCUT2D eigenvalue weighted by atomic mass is 9.84. The number of rotatable bonds is 35. The van der Waals surface area contributed by atoms with Gasteiger partial charge in [-0.15, -0.1) is 0 Å². The number of phenolic OH excluding ortho intramolecular Hbond substituents is 3. The number of esters is 1. The first kappa shape index (κ1) is 130. The summed E-state index contributed by atoms with van der Waals surface area (Å²) in [7, 11) is 0. The quantitative estimate of drug-likeness (QED) is 0.0150. The van der Waals surface area contributed by atoms with Crippen LogP contribution in [0, 0.1) is 5.92 Å². The van der Waals surface area contributed by atoms with Crippen molar-refractivity contribution < 1.29 is 58.0 Å². The van der Waals surface area contributed by atoms with E-state index >= 15 is 0 Å². The van der Waals surface area contributed by atoms with Crippen molar-refractivity contribution in [2.24, 2.45) is 5.92 Å². The first-order valence-electron chi connectivity index (χ1n) is 42.2. The van der Waals surface area contributed by atoms with Gasteiger partial charge >= 0.3 is 5.97 Å². The van der Waals surface area contributed by atoms with Crippen LogP contribution in [-0.2, 0) is 19.0 Å². The topological polar surface area (TPSA) is 152 Å². The van der Waals surface area contributed by atoms with Crippen molar-refractivity contribution in [3.05, 3.63) is 239 Å². The summed E-state index contributed by atoms with van der Waals surface area (Å²) in [6.45, 7) is 34.5. The fourth-order valence-electron chi connectivity index (χ4n) is 12.9. The standard InChI is InChI=1S/C27H36O4.C21H28O3.C21H34O2.3C10H14O.12CH4/c1-4-20(2)22-10-14-25(15-11-22)30-21(3)29-19-18-27(28)31-26-16-12-24(13-17-26)23-8-6-5-7-9-23;1-4-17(3)18-11-13-20(14-12-18)24-21(5-2)23-16-15-22-19-9-7-6-8-10-19;1-4-17(3)19-11-13-20(14-12-19)23-21(5-2)22-16-15-18-9-7-6-8-10-18;3*1-3-8(2)9-4-6-10(11)7-5-9;;;;;;;;;;;;/h10-17,20-21,23H,4-9,18-19H2,1-3H3;6-14,17,21H,4-5,15-16H2,1-3H3;11-14,17-18,21H,4-10,15-16H2,1-3H3;3*4-8,11H,3H2,1-2H3;12*1H4. The molecule has 0 radical (unpaired) electrons. The van der Waals surface area contributed by atoms with Gasteiger partial charge in [-0.3, -0.25) is 4.79 Å². The first-order valence-corrected chi connectivity index (χ1v) is 42.2. The minimum absolute atomic E-state index is 0. The minimum atomic E-state index is -0.433. The fraction of sp³-hybridized carbons (Fsp3) is 0.559. The molecule has 8 aromatic rings. The van der Waals surface area contributed by atoms with E-state index in [2.05, 4.69) is 158 Å². The average Bonchev–Trinajstić information content (AvgIpc) is 0.698. The van der Waals surface area contributed by atoms with Crippen molar-refractivity contribution in [3.8, 4) is 46.0 Å². The molecule has 2 aliphatic carbocycles. The molecular formula is C111H188O12. The van der Waals surface area contributed by atoms with Gasteiger partial charge in [0, 0.05) is 12.8 Å². The molecule has 12 heteroatoms. The lowest BCUT2D eigenvalue weighted by Gasteiger charge is -2.23. The number of hydrogen-bond acceptors (Lipinski definition) is 12. The fourth-order valence-corrected chi connectivity index (χ4v) is 12.9. The molecule has 8 aromatic carbocycles. The highest BCUT2D eigenvalue weighted by molar-refractivity contribution is 5.72. The van der Waals surface area contributed by atoms with Crippen molar-refractivity contribution in [2.45, 2.75) is 382 Å². The van der Waals surface area contributed by atoms with E-state index in [1.165, 1.54) is 116 Å². The van der Waals surface area contributed by atoms with Gasteiger partial charge in [-0.1, -0.05) is 341 Å². The molecule has 3 N–H and O–H groups in total. The Kier molecular flexibility index (Phi) is 80.7. The van der Waals surface area contributed by atoms with Gasteiger partial charge in [0.25, 0.3) is 0 Å². The minimum Gasteiger partial charge on any atom is -0.508 e. The second kappa shape index (κ2) is 76.2. The van der Waals surface area contributed by atoms with Crippen LogP contribution in [0.3, 0.4) is 0 Å². The number of benzene rings is 8. The number of hydrogen-bond donors (Lipinski definition) is 3. The molecule has 0 aromatic heterocycles. The van der Waals surface area contributed by atoms with Gasteiger partial charge in [0.15, 0.2) is 18.9 Å². The second-order valence-electron chi connectivity index (χ2n) is 30.1. The molecule has 2 saturated carbocycles. The number of ether oxygens (including phenoxy) is 8. The van der Waals surface area contributed by atoms with Gasteiger partial charge in [0.1, 0.15) is 52.6 Å². The molecule has 123 heavy (non-hydrogen) atoms. The smallest absolute Gasteiger partial charge is 0.313 e. The van der Waals surface area contributed by atoms with Gasteiger partial charge in [0.2, 0.25) is 0 Å². The largest absolute Gasteiger partial charge is 0.508 e. The Morgan fingerprint density at radius 2 is 0.610 bits per heavy atom. The molecule has 2 fully saturated rings. The van der Waals surface area contributed by atoms with Gasteiger partial charge in [-0.25, -0.2) is 0 Å². The number of phenols is 3. The van der Waals surface area contributed by atoms with Crippen LogP contribution in [0.2, 0.25) is 0 Å². The van der Waals surface area contributed by atoms with Crippen LogP contribution in [0.5, 0.6) is 46.0 Å². The van der Waals surface area contributed by atoms with Crippen LogP contribution in [0.15, 0.2) is 200 Å². The summed E-state index contributed by atoms with van der Waals surface area (Å²) in [5.74, 6) is 9.74. The van der Waals surface area contributed by atoms with Crippen molar-refractivity contribution >= 4 is 5.97 Å². The molecule has 0 bridgehead atoms. The second-order valence-corrected chi connectivity index (χ2v) is 30.1. The molecule has 9 unspecified atom stereocenters. The summed E-state index contributed by atoms with van der Waals surface area (Å²) in [5.41, 5.74) is 9.27. The zero-order chi connectivity index (χ0) is 80.6. The highest BCUT2D eigenvalue weighted by Gasteiger charge is 2.19. The van der Waals surface area contributed by atoms with Crippen molar-refractivity contribution in [1.29, 1.82) is 0 Å². The zero-order valence-corrected chi connectivity index (χ0v) is 70.4. The van der Waals surface area contributed by atoms with E-state index in [0.29, 0.717) is 77.6 Å². The summed E-state index contributed by atoms with van der Waals surface area (Å²) in [5, 5.41) is 27.0. The van der Waals surface area contributed by atoms with Crippen LogP contribution >= 0.6 is 0 Å². The average molecular weight is 1710 g/mol. The van der Waals surface area contributed by atoms with Crippen molar-refractivity contribution in [2.75, 3.05) is 26.4 Å². The molecule has 10 rings (SSSR count). The van der Waals surface area contributed by atoms with E-state index in [4.69, 9.17) is 53.2 Å². The number of carbonyl (C=O) groups excluding carboxylic acids is 1. The SMILES string of the molecule is C.C.C.C.C.C.C.C.C.C.C.C.CCC(C)c1ccc(O)cc1.CCC(C)c1ccc(O)cc1.CCC(C)c1ccc(O)cc1.CCC(C)c1ccc(OC(C)OCCC(=O)Oc2ccc(C3CCCCC3)cc2)cc1.CCC(OCCC1CCCCC1)Oc1ccc(C(C)CC)cc1.CCC(OCCOc1ccccc1)Oc1ccc(C(C)CC)cc1. The van der Waals surface area contributed by atoms with Crippen molar-refractivity contribution in [3.63, 3.8) is 0 Å². The first-order chi connectivity index (χ1) is 53.7. The molecular weight excluding hydrogens is 1530 g/mol. The summed E-state index contributed by atoms with van der Waals surface area (Å²) in [6, 6.07) is 65.0. The van der Waals surface area contributed by atoms with Crippen LogP contribution < -0.4 is 23.7 Å². The van der Waals surface area contributed by atoms with Crippen LogP contribution in [0.25, 0.3) is 0 Å². The molecule has 12 nitrogen and oxygen atoms in total. The maximum atomic E-state index is 12.1. The summed E-state index contributed by atoms with van der Waals surface area (Å²) in [4.78, 5) is 12.1. The molecule has 0 spiro atoms. The monoisotopic (exact) mass is 1710 g/mol. The summed E-state index contributed by atoms with van der Waals surface area (Å²) < 4.78 is 46.1. The molecule has 9 atom stereocenters. The normalized spacial score (nSPS) is 13.7. The van der Waals surface area contributed by atoms with Crippen LogP contribution in [0.1, 0.15) is 402 Å². The Morgan fingerprint density at radius 3 is 0.935 bits per heavy atom. The molecule has 0 heterocycles. The van der Waals surface area contributed by atoms with Gasteiger partial charge in [-0.05, 0) is 248 Å². The summed E-state index contributed by atoms with van der Waals surface area (Å²) in [6.07, 6.45) is 22.6. The van der Waals surface area contributed by atoms with E-state index in [1.807, 2.05) is 110 Å². The zero-order valence-electron chi connectivity index (χ0n) is 70.4. The highest BCUT2D eigenvalue weighted by atomic mass is 16.7. The Bertz CT molecular complexity index is 3490. The Morgan fingerprint density at radius 1 is 0.309 bits per heavy atom. The van der Waals surface area contributed by atoms with Crippen LogP contribution in [0.4, 0.5) is 0 Å². The third-order valence-corrected chi connectivity index (χ3v) is 21.7. The van der Waals surface area contributed by atoms with Gasteiger partial charge < -0.3 is 53.2 Å². The highest BCUT2D eigenvalue weighted by Crippen LogP contribution is 2.35. The lowest BCUT2D eigenvalue weighted by molar-refractivity contribution is -0.138. The van der Waals surface area contributed by atoms with E-state index in [0.717, 1.165) is 80.5 Å². The van der Waals surface area contributed by atoms with Gasteiger partial charge in [-0.2, -0.15) is 0 Å². The Hall–Kier alpha value is -8.29. The number of aromatic hydroxyl groups is 3. The predicted octanol–water partition coefficient (Wildman–Crippen LogP) is 35.0. The lowest BCUT2D eigenvalue weighted by Crippen LogP contribution is -2.22. The molecule has 2 aliphatic rings. The maximum absolute atomic E-state index is 12.1.